The van der Waals surface area contributed by atoms with E-state index < -0.39 is 6.04 Å². The number of nitrogens with zero attached hydrogens (tertiary/aromatic N) is 2. The highest BCUT2D eigenvalue weighted by atomic mass is 16.5. The van der Waals surface area contributed by atoms with E-state index in [2.05, 4.69) is 11.9 Å². The molecule has 0 N–H and O–H groups in total. The van der Waals surface area contributed by atoms with E-state index in [0.717, 1.165) is 36.1 Å². The molecule has 0 saturated heterocycles. The molecule has 34 heavy (non-hydrogen) atoms. The van der Waals surface area contributed by atoms with E-state index in [0.29, 0.717) is 29.7 Å². The van der Waals surface area contributed by atoms with E-state index >= 15 is 0 Å². The summed E-state index contributed by atoms with van der Waals surface area (Å²) >= 11 is 0. The molecule has 2 aromatic carbocycles. The molecule has 172 valence electrons. The van der Waals surface area contributed by atoms with Gasteiger partial charge in [-0.3, -0.25) is 14.6 Å². The van der Waals surface area contributed by atoms with Crippen LogP contribution in [0.1, 0.15) is 59.5 Å². The Kier molecular flexibility index (Phi) is 6.12. The predicted octanol–water partition coefficient (Wildman–Crippen LogP) is 5.50. The summed E-state index contributed by atoms with van der Waals surface area (Å²) in [5, 5.41) is 0.467. The van der Waals surface area contributed by atoms with Crippen molar-refractivity contribution in [3.8, 4) is 5.75 Å². The van der Waals surface area contributed by atoms with Gasteiger partial charge in [0.15, 0.2) is 5.43 Å². The summed E-state index contributed by atoms with van der Waals surface area (Å²) < 4.78 is 12.0. The van der Waals surface area contributed by atoms with Crippen molar-refractivity contribution in [2.45, 2.75) is 38.8 Å². The fourth-order valence-electron chi connectivity index (χ4n) is 4.48. The van der Waals surface area contributed by atoms with Gasteiger partial charge in [-0.25, -0.2) is 0 Å². The number of carbonyl (C=O) groups excluding carboxylic acids is 1. The number of amides is 1. The Morgan fingerprint density at radius 1 is 1.03 bits per heavy atom. The third kappa shape index (κ3) is 4.07. The second-order valence-corrected chi connectivity index (χ2v) is 8.50. The van der Waals surface area contributed by atoms with Gasteiger partial charge in [0, 0.05) is 18.9 Å². The van der Waals surface area contributed by atoms with Crippen LogP contribution < -0.4 is 10.2 Å². The van der Waals surface area contributed by atoms with Crippen molar-refractivity contribution in [2.75, 3.05) is 6.61 Å². The molecule has 1 aliphatic heterocycles. The van der Waals surface area contributed by atoms with Crippen molar-refractivity contribution in [2.24, 2.45) is 0 Å². The highest BCUT2D eigenvalue weighted by Crippen LogP contribution is 2.39. The van der Waals surface area contributed by atoms with E-state index in [1.165, 1.54) is 0 Å². The van der Waals surface area contributed by atoms with Gasteiger partial charge in [0.1, 0.15) is 11.3 Å². The van der Waals surface area contributed by atoms with Crippen molar-refractivity contribution in [1.29, 1.82) is 0 Å². The van der Waals surface area contributed by atoms with Crippen LogP contribution in [-0.2, 0) is 6.54 Å². The van der Waals surface area contributed by atoms with Gasteiger partial charge in [-0.15, -0.1) is 0 Å². The lowest BCUT2D eigenvalue weighted by Crippen LogP contribution is -2.29. The SMILES string of the molecule is CCCCCOc1cccc(C2c3c(oc4ccccc4c3=O)C(=O)N2Cc2cccnc2)c1. The number of carbonyl (C=O) groups is 1. The van der Waals surface area contributed by atoms with E-state index in [1.807, 2.05) is 36.4 Å². The zero-order chi connectivity index (χ0) is 23.5. The molecule has 0 bridgehead atoms. The zero-order valence-electron chi connectivity index (χ0n) is 19.1. The second kappa shape index (κ2) is 9.51. The van der Waals surface area contributed by atoms with Gasteiger partial charge >= 0.3 is 0 Å². The molecule has 5 rings (SSSR count). The maximum Gasteiger partial charge on any atom is 0.291 e. The number of benzene rings is 2. The molecule has 1 amide bonds. The van der Waals surface area contributed by atoms with Crippen LogP contribution in [0.2, 0.25) is 0 Å². The number of aromatic nitrogens is 1. The molecule has 6 nitrogen and oxygen atoms in total. The Hall–Kier alpha value is -3.93. The molecule has 1 aliphatic rings. The summed E-state index contributed by atoms with van der Waals surface area (Å²) in [5.41, 5.74) is 2.28. The van der Waals surface area contributed by atoms with Crippen LogP contribution in [0.25, 0.3) is 11.0 Å². The topological polar surface area (TPSA) is 72.6 Å². The number of para-hydroxylation sites is 1. The van der Waals surface area contributed by atoms with Crippen molar-refractivity contribution in [3.63, 3.8) is 0 Å². The Morgan fingerprint density at radius 2 is 1.91 bits per heavy atom. The summed E-state index contributed by atoms with van der Waals surface area (Å²) in [4.78, 5) is 33.0. The van der Waals surface area contributed by atoms with Crippen molar-refractivity contribution >= 4 is 16.9 Å². The molecule has 4 aromatic rings. The summed E-state index contributed by atoms with van der Waals surface area (Å²) in [6.07, 6.45) is 6.63. The fraction of sp³-hybridized carbons (Fsp3) is 0.250. The fourth-order valence-corrected chi connectivity index (χ4v) is 4.48. The first-order valence-corrected chi connectivity index (χ1v) is 11.7. The first-order chi connectivity index (χ1) is 16.7. The van der Waals surface area contributed by atoms with E-state index in [-0.39, 0.29) is 17.1 Å². The van der Waals surface area contributed by atoms with Crippen molar-refractivity contribution in [1.82, 2.24) is 9.88 Å². The smallest absolute Gasteiger partial charge is 0.291 e. The van der Waals surface area contributed by atoms with Crippen LogP contribution in [0.3, 0.4) is 0 Å². The van der Waals surface area contributed by atoms with Crippen LogP contribution in [0.15, 0.2) is 82.3 Å². The van der Waals surface area contributed by atoms with Crippen molar-refractivity contribution < 1.29 is 13.9 Å². The lowest BCUT2D eigenvalue weighted by Gasteiger charge is -2.25. The molecule has 6 heteroatoms. The Balaban J connectivity index is 1.60. The number of ether oxygens (including phenoxy) is 1. The van der Waals surface area contributed by atoms with Crippen molar-refractivity contribution in [3.05, 3.63) is 106 Å². The van der Waals surface area contributed by atoms with Crippen LogP contribution in [0.5, 0.6) is 5.75 Å². The Morgan fingerprint density at radius 3 is 2.74 bits per heavy atom. The van der Waals surface area contributed by atoms with Crippen LogP contribution in [-0.4, -0.2) is 22.4 Å². The van der Waals surface area contributed by atoms with Gasteiger partial charge in [0.2, 0.25) is 5.76 Å². The van der Waals surface area contributed by atoms with Crippen LogP contribution >= 0.6 is 0 Å². The third-order valence-corrected chi connectivity index (χ3v) is 6.14. The molecule has 0 fully saturated rings. The third-order valence-electron chi connectivity index (χ3n) is 6.14. The minimum Gasteiger partial charge on any atom is -0.494 e. The molecule has 3 heterocycles. The quantitative estimate of drug-likeness (QED) is 0.329. The Bertz CT molecular complexity index is 1380. The van der Waals surface area contributed by atoms with Gasteiger partial charge in [0.25, 0.3) is 5.91 Å². The van der Waals surface area contributed by atoms with E-state index in [4.69, 9.17) is 9.15 Å². The molecule has 2 aromatic heterocycles. The molecule has 1 unspecified atom stereocenters. The zero-order valence-corrected chi connectivity index (χ0v) is 19.1. The highest BCUT2D eigenvalue weighted by molar-refractivity contribution is 5.99. The first-order valence-electron chi connectivity index (χ1n) is 11.7. The standard InChI is InChI=1S/C28H26N2O4/c1-2-3-6-15-33-21-11-7-10-20(16-21)25-24-26(31)22-12-4-5-13-23(22)34-27(24)28(32)30(25)18-19-9-8-14-29-17-19/h4-5,7-14,16-17,25H,2-3,6,15,18H2,1H3. The molecule has 0 spiro atoms. The molecule has 0 aliphatic carbocycles. The molecule has 0 radical (unpaired) electrons. The first kappa shape index (κ1) is 21.9. The summed E-state index contributed by atoms with van der Waals surface area (Å²) in [5.74, 6) is 0.522. The van der Waals surface area contributed by atoms with Gasteiger partial charge in [-0.1, -0.05) is 50.1 Å². The van der Waals surface area contributed by atoms with Gasteiger partial charge in [0.05, 0.1) is 23.6 Å². The summed E-state index contributed by atoms with van der Waals surface area (Å²) in [7, 11) is 0. The number of unbranched alkanes of at least 4 members (excludes halogenated alkanes) is 2. The summed E-state index contributed by atoms with van der Waals surface area (Å²) in [6.45, 7) is 3.09. The lowest BCUT2D eigenvalue weighted by molar-refractivity contribution is 0.0714. The predicted molar refractivity (Wildman–Crippen MR) is 130 cm³/mol. The van der Waals surface area contributed by atoms with Crippen LogP contribution in [0.4, 0.5) is 0 Å². The Labute approximate surface area is 197 Å². The van der Waals surface area contributed by atoms with E-state index in [1.54, 1.807) is 41.6 Å². The maximum absolute atomic E-state index is 13.6. The van der Waals surface area contributed by atoms with Gasteiger partial charge < -0.3 is 14.1 Å². The minimum absolute atomic E-state index is 0.104. The minimum atomic E-state index is -0.581. The lowest BCUT2D eigenvalue weighted by atomic mass is 9.98. The molecular formula is C28H26N2O4. The van der Waals surface area contributed by atoms with Gasteiger partial charge in [-0.05, 0) is 47.9 Å². The molecule has 0 saturated carbocycles. The van der Waals surface area contributed by atoms with E-state index in [9.17, 15) is 9.59 Å². The molecular weight excluding hydrogens is 428 g/mol. The number of hydrogen-bond donors (Lipinski definition) is 0. The van der Waals surface area contributed by atoms with Gasteiger partial charge in [-0.2, -0.15) is 0 Å². The van der Waals surface area contributed by atoms with Crippen LogP contribution in [0, 0.1) is 0 Å². The average Bonchev–Trinajstić information content (AvgIpc) is 3.14. The second-order valence-electron chi connectivity index (χ2n) is 8.50. The highest BCUT2D eigenvalue weighted by Gasteiger charge is 2.42. The average molecular weight is 455 g/mol. The number of pyridine rings is 1. The largest absolute Gasteiger partial charge is 0.494 e. The maximum atomic E-state index is 13.6. The summed E-state index contributed by atoms with van der Waals surface area (Å²) in [6, 6.07) is 17.9. The number of hydrogen-bond acceptors (Lipinski definition) is 5. The normalized spacial score (nSPS) is 15.0. The molecule has 1 atom stereocenters. The number of rotatable bonds is 8. The monoisotopic (exact) mass is 454 g/mol. The number of fused-ring (bicyclic) bond motifs is 2.